The van der Waals surface area contributed by atoms with Crippen molar-refractivity contribution < 1.29 is 18.7 Å². The van der Waals surface area contributed by atoms with Gasteiger partial charge in [-0.1, -0.05) is 15.9 Å². The number of carbonyl (C=O) groups is 1. The van der Waals surface area contributed by atoms with Gasteiger partial charge in [-0.05, 0) is 30.3 Å². The number of phenols is 1. The lowest BCUT2D eigenvalue weighted by molar-refractivity contribution is 0.102. The first kappa shape index (κ1) is 13.5. The van der Waals surface area contributed by atoms with Gasteiger partial charge >= 0.3 is 0 Å². The summed E-state index contributed by atoms with van der Waals surface area (Å²) in [6.45, 7) is 0. The first-order valence-electron chi connectivity index (χ1n) is 5.22. The minimum absolute atomic E-state index is 0.134. The van der Waals surface area contributed by atoms with Gasteiger partial charge in [0.05, 0.1) is 11.3 Å². The maximum absolute atomic E-state index is 13.5. The maximum atomic E-state index is 13.5. The Labute approximate surface area is 116 Å². The van der Waals surface area contributed by atoms with E-state index in [0.717, 1.165) is 12.1 Å². The summed E-state index contributed by atoms with van der Waals surface area (Å²) < 4.78 is 27.5. The number of benzene rings is 2. The molecule has 0 saturated carbocycles. The fourth-order valence-corrected chi connectivity index (χ4v) is 1.80. The highest BCUT2D eigenvalue weighted by Gasteiger charge is 2.14. The van der Waals surface area contributed by atoms with Crippen LogP contribution in [0.2, 0.25) is 0 Å². The zero-order valence-electron chi connectivity index (χ0n) is 9.45. The van der Waals surface area contributed by atoms with Gasteiger partial charge in [0.25, 0.3) is 5.91 Å². The Kier molecular flexibility index (Phi) is 3.80. The standard InChI is InChI=1S/C13H8BrF2NO2/c14-7-1-3-9(10(15)5-7)13(19)17-12-4-2-8(18)6-11(12)16/h1-6,18H,(H,17,19). The first-order valence-corrected chi connectivity index (χ1v) is 6.01. The van der Waals surface area contributed by atoms with E-state index < -0.39 is 17.5 Å². The molecule has 98 valence electrons. The van der Waals surface area contributed by atoms with Gasteiger partial charge in [-0.25, -0.2) is 8.78 Å². The van der Waals surface area contributed by atoms with Crippen LogP contribution in [0.1, 0.15) is 10.4 Å². The number of phenolic OH excluding ortho intramolecular Hbond substituents is 1. The Morgan fingerprint density at radius 2 is 1.84 bits per heavy atom. The Balaban J connectivity index is 2.25. The molecule has 19 heavy (non-hydrogen) atoms. The molecule has 0 radical (unpaired) electrons. The molecule has 0 unspecified atom stereocenters. The highest BCUT2D eigenvalue weighted by Crippen LogP contribution is 2.21. The lowest BCUT2D eigenvalue weighted by Crippen LogP contribution is -2.14. The number of hydrogen-bond donors (Lipinski definition) is 2. The third-order valence-corrected chi connectivity index (χ3v) is 2.87. The van der Waals surface area contributed by atoms with Crippen LogP contribution in [0, 0.1) is 11.6 Å². The van der Waals surface area contributed by atoms with E-state index in [1.807, 2.05) is 0 Å². The van der Waals surface area contributed by atoms with Crippen LogP contribution in [-0.4, -0.2) is 11.0 Å². The second-order valence-corrected chi connectivity index (χ2v) is 4.66. The molecule has 0 heterocycles. The van der Waals surface area contributed by atoms with E-state index in [1.165, 1.54) is 24.3 Å². The number of aromatic hydroxyl groups is 1. The summed E-state index contributed by atoms with van der Waals surface area (Å²) >= 11 is 3.07. The number of rotatable bonds is 2. The second kappa shape index (κ2) is 5.36. The lowest BCUT2D eigenvalue weighted by Gasteiger charge is -2.07. The Bertz CT molecular complexity index is 647. The largest absolute Gasteiger partial charge is 0.508 e. The minimum Gasteiger partial charge on any atom is -0.508 e. The van der Waals surface area contributed by atoms with Gasteiger partial charge in [0.2, 0.25) is 0 Å². The summed E-state index contributed by atoms with van der Waals surface area (Å²) in [5.74, 6) is -2.54. The molecule has 0 aliphatic heterocycles. The molecule has 2 rings (SSSR count). The molecular formula is C13H8BrF2NO2. The van der Waals surface area contributed by atoms with Crippen LogP contribution in [0.5, 0.6) is 5.75 Å². The summed E-state index contributed by atoms with van der Waals surface area (Å²) in [4.78, 5) is 11.8. The lowest BCUT2D eigenvalue weighted by atomic mass is 10.2. The molecule has 0 aliphatic carbocycles. The van der Waals surface area contributed by atoms with Crippen LogP contribution in [0.4, 0.5) is 14.5 Å². The Morgan fingerprint density at radius 1 is 1.11 bits per heavy atom. The van der Waals surface area contributed by atoms with Crippen LogP contribution >= 0.6 is 15.9 Å². The Hall–Kier alpha value is -1.95. The summed E-state index contributed by atoms with van der Waals surface area (Å²) in [7, 11) is 0. The van der Waals surface area contributed by atoms with Gasteiger partial charge in [0.1, 0.15) is 17.4 Å². The predicted octanol–water partition coefficient (Wildman–Crippen LogP) is 3.69. The number of hydrogen-bond acceptors (Lipinski definition) is 2. The molecule has 0 fully saturated rings. The number of anilines is 1. The quantitative estimate of drug-likeness (QED) is 0.826. The minimum atomic E-state index is -0.800. The number of halogens is 3. The number of nitrogens with one attached hydrogen (secondary N) is 1. The average Bonchev–Trinajstić information content (AvgIpc) is 2.32. The van der Waals surface area contributed by atoms with Gasteiger partial charge in [-0.15, -0.1) is 0 Å². The highest BCUT2D eigenvalue weighted by molar-refractivity contribution is 9.10. The molecule has 0 bridgehead atoms. The van der Waals surface area contributed by atoms with Crippen LogP contribution in [0.15, 0.2) is 40.9 Å². The number of amides is 1. The van der Waals surface area contributed by atoms with Crippen LogP contribution in [-0.2, 0) is 0 Å². The van der Waals surface area contributed by atoms with E-state index in [0.29, 0.717) is 4.47 Å². The van der Waals surface area contributed by atoms with Crippen molar-refractivity contribution >= 4 is 27.5 Å². The van der Waals surface area contributed by atoms with Gasteiger partial charge in [0.15, 0.2) is 0 Å². The predicted molar refractivity (Wildman–Crippen MR) is 70.1 cm³/mol. The molecule has 1 amide bonds. The summed E-state index contributed by atoms with van der Waals surface area (Å²) in [6.07, 6.45) is 0. The number of carbonyl (C=O) groups excluding carboxylic acids is 1. The molecule has 2 aromatic carbocycles. The van der Waals surface area contributed by atoms with Crippen molar-refractivity contribution in [2.24, 2.45) is 0 Å². The second-order valence-electron chi connectivity index (χ2n) is 3.74. The van der Waals surface area contributed by atoms with Crippen molar-refractivity contribution in [1.29, 1.82) is 0 Å². The van der Waals surface area contributed by atoms with Gasteiger partial charge < -0.3 is 10.4 Å². The smallest absolute Gasteiger partial charge is 0.258 e. The van der Waals surface area contributed by atoms with Crippen molar-refractivity contribution in [3.63, 3.8) is 0 Å². The third-order valence-electron chi connectivity index (χ3n) is 2.38. The van der Waals surface area contributed by atoms with Crippen LogP contribution < -0.4 is 5.32 Å². The topological polar surface area (TPSA) is 49.3 Å². The van der Waals surface area contributed by atoms with Gasteiger partial charge in [-0.2, -0.15) is 0 Å². The molecule has 0 saturated heterocycles. The van der Waals surface area contributed by atoms with E-state index in [4.69, 9.17) is 5.11 Å². The SMILES string of the molecule is O=C(Nc1ccc(O)cc1F)c1ccc(Br)cc1F. The highest BCUT2D eigenvalue weighted by atomic mass is 79.9. The van der Waals surface area contributed by atoms with E-state index in [2.05, 4.69) is 21.2 Å². The van der Waals surface area contributed by atoms with Crippen molar-refractivity contribution in [1.82, 2.24) is 0 Å². The Morgan fingerprint density at radius 3 is 2.47 bits per heavy atom. The van der Waals surface area contributed by atoms with Gasteiger partial charge in [0, 0.05) is 10.5 Å². The summed E-state index contributed by atoms with van der Waals surface area (Å²) in [5.41, 5.74) is -0.333. The summed E-state index contributed by atoms with van der Waals surface area (Å²) in [6, 6.07) is 7.20. The summed E-state index contributed by atoms with van der Waals surface area (Å²) in [5, 5.41) is 11.3. The molecule has 0 spiro atoms. The van der Waals surface area contributed by atoms with Gasteiger partial charge in [-0.3, -0.25) is 4.79 Å². The fourth-order valence-electron chi connectivity index (χ4n) is 1.47. The van der Waals surface area contributed by atoms with Crippen molar-refractivity contribution in [3.05, 3.63) is 58.1 Å². The molecule has 2 aromatic rings. The zero-order chi connectivity index (χ0) is 14.0. The monoisotopic (exact) mass is 327 g/mol. The molecule has 3 nitrogen and oxygen atoms in total. The maximum Gasteiger partial charge on any atom is 0.258 e. The molecule has 0 aliphatic rings. The molecule has 6 heteroatoms. The molecular weight excluding hydrogens is 320 g/mol. The van der Waals surface area contributed by atoms with E-state index in [9.17, 15) is 13.6 Å². The average molecular weight is 328 g/mol. The van der Waals surface area contributed by atoms with E-state index >= 15 is 0 Å². The molecule has 2 N–H and O–H groups in total. The van der Waals surface area contributed by atoms with Crippen LogP contribution in [0.3, 0.4) is 0 Å². The first-order chi connectivity index (χ1) is 8.97. The van der Waals surface area contributed by atoms with E-state index in [1.54, 1.807) is 0 Å². The normalized spacial score (nSPS) is 10.3. The van der Waals surface area contributed by atoms with E-state index in [-0.39, 0.29) is 17.0 Å². The molecule has 0 atom stereocenters. The third kappa shape index (κ3) is 3.08. The molecule has 0 aromatic heterocycles. The van der Waals surface area contributed by atoms with Crippen molar-refractivity contribution in [2.45, 2.75) is 0 Å². The fraction of sp³-hybridized carbons (Fsp3) is 0. The van der Waals surface area contributed by atoms with Crippen LogP contribution in [0.25, 0.3) is 0 Å². The van der Waals surface area contributed by atoms with Crippen molar-refractivity contribution in [3.8, 4) is 5.75 Å². The van der Waals surface area contributed by atoms with Crippen molar-refractivity contribution in [2.75, 3.05) is 5.32 Å². The zero-order valence-corrected chi connectivity index (χ0v) is 11.0.